The van der Waals surface area contributed by atoms with Gasteiger partial charge in [-0.05, 0) is 121 Å². The van der Waals surface area contributed by atoms with Gasteiger partial charge in [-0.2, -0.15) is 0 Å². The molecule has 0 saturated carbocycles. The molecule has 4 aromatic carbocycles. The summed E-state index contributed by atoms with van der Waals surface area (Å²) >= 11 is 0. The summed E-state index contributed by atoms with van der Waals surface area (Å²) in [6, 6.07) is 26.6. The summed E-state index contributed by atoms with van der Waals surface area (Å²) in [6.45, 7) is 19.3. The first-order chi connectivity index (χ1) is 22.9. The van der Waals surface area contributed by atoms with Crippen LogP contribution in [0.25, 0.3) is 0 Å². The molecule has 4 aromatic rings. The van der Waals surface area contributed by atoms with Gasteiger partial charge in [0.05, 0.1) is 26.4 Å². The largest absolute Gasteiger partial charge is 0.494 e. The molecule has 0 heterocycles. The van der Waals surface area contributed by atoms with Crippen molar-refractivity contribution in [3.63, 3.8) is 0 Å². The molecule has 0 saturated heterocycles. The highest BCUT2D eigenvalue weighted by Gasteiger charge is 2.31. The maximum atomic E-state index is 7.60. The second-order valence-electron chi connectivity index (χ2n) is 11.2. The Hall–Kier alpha value is -3.53. The van der Waals surface area contributed by atoms with E-state index in [2.05, 4.69) is 100 Å². The van der Waals surface area contributed by atoms with Gasteiger partial charge < -0.3 is 23.1 Å². The second-order valence-corrected chi connectivity index (χ2v) is 15.6. The third kappa shape index (κ3) is 8.89. The van der Waals surface area contributed by atoms with Crippen molar-refractivity contribution >= 4 is 38.8 Å². The molecule has 0 atom stereocenters. The molecule has 0 bridgehead atoms. The zero-order valence-electron chi connectivity index (χ0n) is 29.6. The van der Waals surface area contributed by atoms with E-state index in [-0.39, 0.29) is 0 Å². The molecule has 0 aromatic heterocycles. The summed E-state index contributed by atoms with van der Waals surface area (Å²) in [5, 5.41) is 4.59. The van der Waals surface area contributed by atoms with Crippen molar-refractivity contribution in [1.82, 2.24) is 0 Å². The zero-order valence-corrected chi connectivity index (χ0v) is 31.6. The number of benzene rings is 4. The molecule has 0 aliphatic rings. The molecular formula is C40H52O5Si2. The fourth-order valence-corrected chi connectivity index (χ4v) is 11.1. The Balaban J connectivity index is 1.96. The van der Waals surface area contributed by atoms with Crippen LogP contribution in [-0.4, -0.2) is 44.5 Å². The lowest BCUT2D eigenvalue weighted by atomic mass is 10.1. The summed E-state index contributed by atoms with van der Waals surface area (Å²) in [4.78, 5) is 0. The molecule has 0 fully saturated rings. The van der Waals surface area contributed by atoms with Gasteiger partial charge in [0.1, 0.15) is 23.0 Å². The Morgan fingerprint density at radius 2 is 0.596 bits per heavy atom. The van der Waals surface area contributed by atoms with Gasteiger partial charge >= 0.3 is 0 Å². The van der Waals surface area contributed by atoms with Gasteiger partial charge in [0.15, 0.2) is 0 Å². The van der Waals surface area contributed by atoms with Gasteiger partial charge in [-0.1, -0.05) is 76.2 Å². The molecule has 7 heteroatoms. The van der Waals surface area contributed by atoms with Crippen LogP contribution in [0, 0.1) is 0 Å². The summed E-state index contributed by atoms with van der Waals surface area (Å²) in [5.41, 5.74) is 4.80. The lowest BCUT2D eigenvalue weighted by Gasteiger charge is -2.26. The predicted octanol–water partition coefficient (Wildman–Crippen LogP) is 6.46. The number of aryl methyl sites for hydroxylation is 4. The molecule has 47 heavy (non-hydrogen) atoms. The Kier molecular flexibility index (Phi) is 14.0. The van der Waals surface area contributed by atoms with Crippen LogP contribution in [0.5, 0.6) is 23.0 Å². The Morgan fingerprint density at radius 1 is 0.362 bits per heavy atom. The van der Waals surface area contributed by atoms with Crippen LogP contribution in [0.3, 0.4) is 0 Å². The van der Waals surface area contributed by atoms with Crippen molar-refractivity contribution < 1.29 is 23.1 Å². The predicted molar refractivity (Wildman–Crippen MR) is 199 cm³/mol. The van der Waals surface area contributed by atoms with Crippen LogP contribution in [0.15, 0.2) is 72.8 Å². The fourth-order valence-electron chi connectivity index (χ4n) is 5.78. The van der Waals surface area contributed by atoms with Gasteiger partial charge in [-0.25, -0.2) is 0 Å². The summed E-state index contributed by atoms with van der Waals surface area (Å²) in [5.74, 6) is 3.72. The third-order valence-electron chi connectivity index (χ3n) is 8.24. The molecule has 0 spiro atoms. The topological polar surface area (TPSA) is 46.2 Å². The van der Waals surface area contributed by atoms with E-state index in [1.807, 2.05) is 27.7 Å². The van der Waals surface area contributed by atoms with E-state index < -0.39 is 18.1 Å². The first-order valence-electron chi connectivity index (χ1n) is 17.4. The van der Waals surface area contributed by atoms with Gasteiger partial charge in [0.2, 0.25) is 0 Å². The van der Waals surface area contributed by atoms with Crippen molar-refractivity contribution in [3.8, 4) is 23.0 Å². The lowest BCUT2D eigenvalue weighted by molar-refractivity contribution is 0.337. The normalized spacial score (nSPS) is 11.3. The molecule has 2 radical (unpaired) electrons. The van der Waals surface area contributed by atoms with Crippen molar-refractivity contribution in [2.24, 2.45) is 0 Å². The average Bonchev–Trinajstić information content (AvgIpc) is 3.09. The maximum Gasteiger partial charge on any atom is 0.272 e. The van der Waals surface area contributed by atoms with Crippen LogP contribution in [0.4, 0.5) is 0 Å². The van der Waals surface area contributed by atoms with Crippen molar-refractivity contribution in [3.05, 3.63) is 95.1 Å². The summed E-state index contributed by atoms with van der Waals surface area (Å²) < 4.78 is 32.3. The average molecular weight is 669 g/mol. The van der Waals surface area contributed by atoms with Crippen LogP contribution in [-0.2, 0) is 29.8 Å². The van der Waals surface area contributed by atoms with E-state index >= 15 is 0 Å². The van der Waals surface area contributed by atoms with E-state index in [0.717, 1.165) is 69.4 Å². The van der Waals surface area contributed by atoms with Gasteiger partial charge in [0.25, 0.3) is 18.1 Å². The van der Waals surface area contributed by atoms with E-state index in [4.69, 9.17) is 23.1 Å². The van der Waals surface area contributed by atoms with Crippen LogP contribution >= 0.6 is 0 Å². The van der Waals surface area contributed by atoms with Crippen LogP contribution in [0.1, 0.15) is 77.6 Å². The zero-order chi connectivity index (χ0) is 33.8. The van der Waals surface area contributed by atoms with Crippen LogP contribution in [0.2, 0.25) is 0 Å². The third-order valence-corrected chi connectivity index (χ3v) is 13.2. The quantitative estimate of drug-likeness (QED) is 0.114. The molecule has 5 nitrogen and oxygen atoms in total. The smallest absolute Gasteiger partial charge is 0.272 e. The Morgan fingerprint density at radius 3 is 0.787 bits per heavy atom. The number of rotatable bonds is 18. The highest BCUT2D eigenvalue weighted by molar-refractivity contribution is 6.92. The molecular weight excluding hydrogens is 617 g/mol. The summed E-state index contributed by atoms with van der Waals surface area (Å²) in [6.07, 6.45) is 3.62. The Bertz CT molecular complexity index is 1360. The molecule has 250 valence electrons. The molecule has 0 amide bonds. The monoisotopic (exact) mass is 668 g/mol. The van der Waals surface area contributed by atoms with Crippen molar-refractivity contribution in [2.45, 2.75) is 81.1 Å². The maximum absolute atomic E-state index is 7.60. The lowest BCUT2D eigenvalue weighted by Crippen LogP contribution is -2.56. The minimum atomic E-state index is -1.80. The minimum absolute atomic E-state index is 0.613. The fraction of sp³-hybridized carbons (Fsp3) is 0.400. The highest BCUT2D eigenvalue weighted by atomic mass is 28.4. The number of hydrogen-bond acceptors (Lipinski definition) is 5. The SMILES string of the molecule is CCOc1cc([Si](O[Si](c2ccc(CC)c(OCC)c2)c2ccc(CC)c(OCC)c2)c2ccc(CC)c(OCC)c2)ccc1CC. The van der Waals surface area contributed by atoms with E-state index in [9.17, 15) is 0 Å². The van der Waals surface area contributed by atoms with E-state index in [1.165, 1.54) is 22.3 Å². The van der Waals surface area contributed by atoms with Gasteiger partial charge in [-0.3, -0.25) is 0 Å². The number of ether oxygens (including phenoxy) is 4. The van der Waals surface area contributed by atoms with Crippen LogP contribution < -0.4 is 39.7 Å². The van der Waals surface area contributed by atoms with Gasteiger partial charge in [0, 0.05) is 0 Å². The highest BCUT2D eigenvalue weighted by Crippen LogP contribution is 2.23. The van der Waals surface area contributed by atoms with Crippen molar-refractivity contribution in [1.29, 1.82) is 0 Å². The van der Waals surface area contributed by atoms with Gasteiger partial charge in [-0.15, -0.1) is 0 Å². The van der Waals surface area contributed by atoms with E-state index in [1.54, 1.807) is 0 Å². The molecule has 0 N–H and O–H groups in total. The number of hydrogen-bond donors (Lipinski definition) is 0. The molecule has 0 aliphatic heterocycles. The summed E-state index contributed by atoms with van der Waals surface area (Å²) in [7, 11) is -3.60. The minimum Gasteiger partial charge on any atom is -0.494 e. The Labute approximate surface area is 286 Å². The molecule has 0 aliphatic carbocycles. The first kappa shape index (κ1) is 36.3. The molecule has 4 rings (SSSR count). The second kappa shape index (κ2) is 18.1. The first-order valence-corrected chi connectivity index (χ1v) is 20.2. The molecule has 0 unspecified atom stereocenters. The standard InChI is InChI=1S/C40H52O5Si2/c1-9-29-17-21-33(25-37(29)41-13-5)46(34-22-18-30(10-2)38(26-34)42-14-6)45-47(35-23-19-31(11-3)39(27-35)43-15-7)36-24-20-32(12-4)40(28-36)44-16-8/h17-28H,9-16H2,1-8H3. The van der Waals surface area contributed by atoms with Crippen molar-refractivity contribution in [2.75, 3.05) is 26.4 Å². The van der Waals surface area contributed by atoms with E-state index in [0.29, 0.717) is 26.4 Å².